The van der Waals surface area contributed by atoms with Gasteiger partial charge in [-0.1, -0.05) is 18.2 Å². The number of unbranched alkanes of at least 4 members (excludes halogenated alkanes) is 1. The smallest absolute Gasteiger partial charge is 0.353 e. The Bertz CT molecular complexity index is 836. The largest absolute Gasteiger partial charge is 0.416 e. The number of alkyl halides is 3. The number of nitrogens with zero attached hydrogens (tertiary/aromatic N) is 2. The lowest BCUT2D eigenvalue weighted by molar-refractivity contribution is -0.137. The molecule has 1 aliphatic carbocycles. The summed E-state index contributed by atoms with van der Waals surface area (Å²) in [5.74, 6) is 0.718. The quantitative estimate of drug-likeness (QED) is 0.532. The van der Waals surface area contributed by atoms with Crippen LogP contribution in [0.3, 0.4) is 0 Å². The molecular formula is C25H32F3N3O. The summed E-state index contributed by atoms with van der Waals surface area (Å²) in [5, 5.41) is 11.7. The van der Waals surface area contributed by atoms with Gasteiger partial charge in [0.1, 0.15) is 0 Å². The molecule has 32 heavy (non-hydrogen) atoms. The summed E-state index contributed by atoms with van der Waals surface area (Å²) in [6.45, 7) is 2.65. The Morgan fingerprint density at radius 1 is 1.22 bits per heavy atom. The minimum absolute atomic E-state index is 0.0559. The van der Waals surface area contributed by atoms with E-state index in [1.165, 1.54) is 12.1 Å². The first kappa shape index (κ1) is 24.3. The van der Waals surface area contributed by atoms with Crippen LogP contribution in [0.4, 0.5) is 13.2 Å². The summed E-state index contributed by atoms with van der Waals surface area (Å²) in [4.78, 5) is 14.3. The third-order valence-electron chi connectivity index (χ3n) is 6.61. The van der Waals surface area contributed by atoms with E-state index in [2.05, 4.69) is 22.4 Å². The van der Waals surface area contributed by atoms with Gasteiger partial charge in [0.2, 0.25) is 5.91 Å². The van der Waals surface area contributed by atoms with Gasteiger partial charge in [0, 0.05) is 32.0 Å². The third kappa shape index (κ3) is 7.37. The van der Waals surface area contributed by atoms with Crippen molar-refractivity contribution in [2.45, 2.75) is 70.0 Å². The van der Waals surface area contributed by atoms with Gasteiger partial charge in [-0.15, -0.1) is 0 Å². The number of hydrogen-bond donors (Lipinski definition) is 1. The first-order chi connectivity index (χ1) is 15.3. The Balaban J connectivity index is 1.37. The van der Waals surface area contributed by atoms with Gasteiger partial charge >= 0.3 is 6.18 Å². The third-order valence-corrected chi connectivity index (χ3v) is 6.61. The molecule has 0 unspecified atom stereocenters. The number of nitriles is 1. The van der Waals surface area contributed by atoms with Gasteiger partial charge in [0.25, 0.3) is 0 Å². The van der Waals surface area contributed by atoms with Gasteiger partial charge in [-0.25, -0.2) is 0 Å². The molecule has 0 radical (unpaired) electrons. The van der Waals surface area contributed by atoms with Gasteiger partial charge < -0.3 is 5.32 Å². The van der Waals surface area contributed by atoms with Crippen LogP contribution in [0, 0.1) is 17.2 Å². The molecule has 1 aliphatic heterocycles. The number of carbonyl (C=O) groups is 1. The van der Waals surface area contributed by atoms with Crippen LogP contribution in [0.2, 0.25) is 0 Å². The van der Waals surface area contributed by atoms with E-state index in [4.69, 9.17) is 5.26 Å². The van der Waals surface area contributed by atoms with Crippen molar-refractivity contribution in [3.05, 3.63) is 41.5 Å². The summed E-state index contributed by atoms with van der Waals surface area (Å²) >= 11 is 0. The first-order valence-electron chi connectivity index (χ1n) is 11.6. The van der Waals surface area contributed by atoms with Crippen molar-refractivity contribution in [2.75, 3.05) is 19.6 Å². The highest BCUT2D eigenvalue weighted by Crippen LogP contribution is 2.32. The van der Waals surface area contributed by atoms with E-state index in [1.807, 2.05) is 0 Å². The molecule has 0 atom stereocenters. The average molecular weight is 448 g/mol. The van der Waals surface area contributed by atoms with Crippen molar-refractivity contribution >= 4 is 11.5 Å². The summed E-state index contributed by atoms with van der Waals surface area (Å²) < 4.78 is 38.9. The molecule has 1 heterocycles. The standard InChI is InChI=1S/C25H32F3N3O/c26-25(27,28)22-5-3-4-21(18-22)20-12-16-31(17-13-20)15-11-19-7-9-23(10-8-19)30-24(32)6-1-2-14-29/h3-5,12,18-19,23H,1-2,6-11,13,15-17H2,(H,30,32)/t19-,23-. The molecule has 0 bridgehead atoms. The molecular weight excluding hydrogens is 415 g/mol. The molecule has 7 heteroatoms. The lowest BCUT2D eigenvalue weighted by Gasteiger charge is -2.32. The Labute approximate surface area is 188 Å². The van der Waals surface area contributed by atoms with E-state index in [0.717, 1.165) is 69.8 Å². The average Bonchev–Trinajstić information content (AvgIpc) is 2.79. The predicted molar refractivity (Wildman–Crippen MR) is 118 cm³/mol. The molecule has 1 fully saturated rings. The predicted octanol–water partition coefficient (Wildman–Crippen LogP) is 5.55. The van der Waals surface area contributed by atoms with Crippen LogP contribution in [-0.4, -0.2) is 36.5 Å². The fraction of sp³-hybridized carbons (Fsp3) is 0.600. The highest BCUT2D eigenvalue weighted by molar-refractivity contribution is 5.76. The first-order valence-corrected chi connectivity index (χ1v) is 11.6. The molecule has 1 amide bonds. The van der Waals surface area contributed by atoms with Crippen molar-refractivity contribution in [3.8, 4) is 6.07 Å². The Kier molecular flexibility index (Phi) is 8.75. The summed E-state index contributed by atoms with van der Waals surface area (Å²) in [5.41, 5.74) is 1.08. The molecule has 174 valence electrons. The van der Waals surface area contributed by atoms with Crippen LogP contribution < -0.4 is 5.32 Å². The molecule has 0 saturated heterocycles. The van der Waals surface area contributed by atoms with Gasteiger partial charge in [-0.2, -0.15) is 18.4 Å². The topological polar surface area (TPSA) is 56.1 Å². The maximum Gasteiger partial charge on any atom is 0.416 e. The summed E-state index contributed by atoms with van der Waals surface area (Å²) in [7, 11) is 0. The second-order valence-electron chi connectivity index (χ2n) is 8.94. The number of amides is 1. The second-order valence-corrected chi connectivity index (χ2v) is 8.94. The van der Waals surface area contributed by atoms with Crippen LogP contribution in [0.5, 0.6) is 0 Å². The fourth-order valence-corrected chi connectivity index (χ4v) is 4.66. The highest BCUT2D eigenvalue weighted by Gasteiger charge is 2.30. The van der Waals surface area contributed by atoms with Crippen LogP contribution in [-0.2, 0) is 11.0 Å². The van der Waals surface area contributed by atoms with Gasteiger partial charge in [0.15, 0.2) is 0 Å². The second kappa shape index (κ2) is 11.5. The Morgan fingerprint density at radius 3 is 2.66 bits per heavy atom. The van der Waals surface area contributed by atoms with Crippen LogP contribution in [0.1, 0.15) is 68.9 Å². The van der Waals surface area contributed by atoms with Crippen LogP contribution in [0.15, 0.2) is 30.3 Å². The van der Waals surface area contributed by atoms with E-state index in [1.54, 1.807) is 6.07 Å². The summed E-state index contributed by atoms with van der Waals surface area (Å²) in [6.07, 6.45) is 5.37. The fourth-order valence-electron chi connectivity index (χ4n) is 4.66. The molecule has 2 aliphatic rings. The van der Waals surface area contributed by atoms with Crippen molar-refractivity contribution in [3.63, 3.8) is 0 Å². The van der Waals surface area contributed by atoms with Crippen molar-refractivity contribution in [1.29, 1.82) is 5.26 Å². The lowest BCUT2D eigenvalue weighted by Crippen LogP contribution is -2.38. The van der Waals surface area contributed by atoms with Gasteiger partial charge in [-0.05, 0) is 80.7 Å². The van der Waals surface area contributed by atoms with E-state index < -0.39 is 11.7 Å². The monoisotopic (exact) mass is 447 g/mol. The zero-order valence-corrected chi connectivity index (χ0v) is 18.5. The molecule has 0 aromatic heterocycles. The van der Waals surface area contributed by atoms with E-state index >= 15 is 0 Å². The van der Waals surface area contributed by atoms with E-state index in [-0.39, 0.29) is 11.9 Å². The SMILES string of the molecule is N#CCCCC(=O)N[C@H]1CC[C@H](CCN2CC=C(c3cccc(C(F)(F)F)c3)CC2)CC1. The molecule has 1 aromatic rings. The normalized spacial score (nSPS) is 22.1. The zero-order valence-electron chi connectivity index (χ0n) is 18.5. The maximum atomic E-state index is 13.0. The van der Waals surface area contributed by atoms with Crippen LogP contribution >= 0.6 is 0 Å². The number of benzene rings is 1. The Morgan fingerprint density at radius 2 is 2.00 bits per heavy atom. The van der Waals surface area contributed by atoms with Gasteiger partial charge in [-0.3, -0.25) is 9.69 Å². The molecule has 0 spiro atoms. The van der Waals surface area contributed by atoms with E-state index in [0.29, 0.717) is 30.7 Å². The summed E-state index contributed by atoms with van der Waals surface area (Å²) in [6, 6.07) is 7.94. The number of carbonyl (C=O) groups excluding carboxylic acids is 1. The number of nitrogens with one attached hydrogen (secondary N) is 1. The highest BCUT2D eigenvalue weighted by atomic mass is 19.4. The molecule has 4 nitrogen and oxygen atoms in total. The van der Waals surface area contributed by atoms with Gasteiger partial charge in [0.05, 0.1) is 11.6 Å². The molecule has 3 rings (SSSR count). The van der Waals surface area contributed by atoms with E-state index in [9.17, 15) is 18.0 Å². The minimum atomic E-state index is -4.31. The van der Waals surface area contributed by atoms with Crippen molar-refractivity contribution in [2.24, 2.45) is 5.92 Å². The van der Waals surface area contributed by atoms with Crippen LogP contribution in [0.25, 0.3) is 5.57 Å². The molecule has 1 N–H and O–H groups in total. The number of rotatable bonds is 8. The lowest BCUT2D eigenvalue weighted by atomic mass is 9.84. The number of hydrogen-bond acceptors (Lipinski definition) is 3. The molecule has 1 aromatic carbocycles. The van der Waals surface area contributed by atoms with Crippen molar-refractivity contribution in [1.82, 2.24) is 10.2 Å². The minimum Gasteiger partial charge on any atom is -0.353 e. The maximum absolute atomic E-state index is 13.0. The Hall–Kier alpha value is -2.33. The van der Waals surface area contributed by atoms with Crippen molar-refractivity contribution < 1.29 is 18.0 Å². The zero-order chi connectivity index (χ0) is 23.0. The molecule has 1 saturated carbocycles. The number of halogens is 3.